The minimum absolute atomic E-state index is 0.454. The van der Waals surface area contributed by atoms with E-state index in [0.717, 1.165) is 0 Å². The summed E-state index contributed by atoms with van der Waals surface area (Å²) in [5.41, 5.74) is 5.31. The molecule has 0 aliphatic heterocycles. The minimum Gasteiger partial charge on any atom is -0.480 e. The number of aliphatic carboxylic acids is 1. The summed E-state index contributed by atoms with van der Waals surface area (Å²) in [6.45, 7) is 0.654. The van der Waals surface area contributed by atoms with E-state index in [-0.39, 0.29) is 0 Å². The Morgan fingerprint density at radius 3 is 3.00 bits per heavy atom. The first kappa shape index (κ1) is 9.66. The number of aromatic nitrogens is 3. The highest BCUT2D eigenvalue weighted by Crippen LogP contribution is 1.96. The number of carbonyl (C=O) groups is 1. The van der Waals surface area contributed by atoms with E-state index >= 15 is 0 Å². The second kappa shape index (κ2) is 4.56. The molecule has 0 amide bonds. The van der Waals surface area contributed by atoms with Crippen LogP contribution in [0.25, 0.3) is 0 Å². The van der Waals surface area contributed by atoms with Crippen LogP contribution < -0.4 is 5.73 Å². The Morgan fingerprint density at radius 2 is 2.46 bits per heavy atom. The first-order valence-corrected chi connectivity index (χ1v) is 4.01. The van der Waals surface area contributed by atoms with E-state index in [9.17, 15) is 4.79 Å². The van der Waals surface area contributed by atoms with Crippen LogP contribution in [0.2, 0.25) is 0 Å². The molecule has 1 atom stereocenters. The fraction of sp³-hybridized carbons (Fsp3) is 0.571. The molecule has 0 aliphatic rings. The highest BCUT2D eigenvalue weighted by atomic mass is 16.4. The first-order chi connectivity index (χ1) is 6.20. The zero-order valence-corrected chi connectivity index (χ0v) is 7.13. The largest absolute Gasteiger partial charge is 0.480 e. The van der Waals surface area contributed by atoms with Gasteiger partial charge in [0.25, 0.3) is 0 Å². The van der Waals surface area contributed by atoms with Gasteiger partial charge in [0.1, 0.15) is 18.7 Å². The van der Waals surface area contributed by atoms with Crippen molar-refractivity contribution in [2.24, 2.45) is 5.73 Å². The summed E-state index contributed by atoms with van der Waals surface area (Å²) in [5.74, 6) is -0.960. The fourth-order valence-electron chi connectivity index (χ4n) is 0.945. The van der Waals surface area contributed by atoms with Crippen LogP contribution in [0.3, 0.4) is 0 Å². The number of aryl methyl sites for hydroxylation is 1. The lowest BCUT2D eigenvalue weighted by Crippen LogP contribution is -2.30. The minimum atomic E-state index is -0.960. The van der Waals surface area contributed by atoms with Crippen LogP contribution in [0.5, 0.6) is 0 Å². The number of nitrogens with two attached hydrogens (primary N) is 1. The van der Waals surface area contributed by atoms with E-state index in [4.69, 9.17) is 10.8 Å². The Bertz CT molecular complexity index is 259. The molecule has 0 spiro atoms. The smallest absolute Gasteiger partial charge is 0.320 e. The number of carboxylic acid groups (broad SMARTS) is 1. The van der Waals surface area contributed by atoms with Crippen molar-refractivity contribution in [2.45, 2.75) is 25.4 Å². The summed E-state index contributed by atoms with van der Waals surface area (Å²) < 4.78 is 1.65. The molecule has 6 heteroatoms. The normalized spacial score (nSPS) is 12.7. The summed E-state index contributed by atoms with van der Waals surface area (Å²) in [6.07, 6.45) is 4.18. The lowest BCUT2D eigenvalue weighted by molar-refractivity contribution is -0.138. The molecule has 3 N–H and O–H groups in total. The van der Waals surface area contributed by atoms with E-state index in [2.05, 4.69) is 10.1 Å². The molecule has 0 radical (unpaired) electrons. The molecule has 0 unspecified atom stereocenters. The van der Waals surface area contributed by atoms with Gasteiger partial charge in [-0.3, -0.25) is 9.48 Å². The molecule has 0 aromatic carbocycles. The Morgan fingerprint density at radius 1 is 1.69 bits per heavy atom. The number of carboxylic acids is 1. The van der Waals surface area contributed by atoms with Gasteiger partial charge < -0.3 is 10.8 Å². The molecule has 0 saturated carbocycles. The predicted molar refractivity (Wildman–Crippen MR) is 44.9 cm³/mol. The zero-order valence-electron chi connectivity index (χ0n) is 7.13. The van der Waals surface area contributed by atoms with Crippen LogP contribution in [0.15, 0.2) is 12.7 Å². The van der Waals surface area contributed by atoms with E-state index < -0.39 is 12.0 Å². The summed E-state index contributed by atoms with van der Waals surface area (Å²) in [7, 11) is 0. The van der Waals surface area contributed by atoms with Gasteiger partial charge in [0.2, 0.25) is 0 Å². The second-order valence-corrected chi connectivity index (χ2v) is 2.75. The molecular weight excluding hydrogens is 172 g/mol. The quantitative estimate of drug-likeness (QED) is 0.641. The van der Waals surface area contributed by atoms with Gasteiger partial charge in [-0.2, -0.15) is 5.10 Å². The third kappa shape index (κ3) is 3.20. The van der Waals surface area contributed by atoms with Gasteiger partial charge >= 0.3 is 5.97 Å². The van der Waals surface area contributed by atoms with Crippen LogP contribution >= 0.6 is 0 Å². The maximum atomic E-state index is 10.3. The van der Waals surface area contributed by atoms with Crippen molar-refractivity contribution in [3.63, 3.8) is 0 Å². The Hall–Kier alpha value is -1.43. The summed E-state index contributed by atoms with van der Waals surface area (Å²) in [6, 6.07) is -0.775. The van der Waals surface area contributed by atoms with Gasteiger partial charge in [0, 0.05) is 6.54 Å². The van der Waals surface area contributed by atoms with Gasteiger partial charge in [-0.05, 0) is 12.8 Å². The molecule has 13 heavy (non-hydrogen) atoms. The molecule has 0 fully saturated rings. The molecule has 6 nitrogen and oxygen atoms in total. The van der Waals surface area contributed by atoms with Gasteiger partial charge in [0.15, 0.2) is 0 Å². The first-order valence-electron chi connectivity index (χ1n) is 4.01. The lowest BCUT2D eigenvalue weighted by atomic mass is 10.2. The topological polar surface area (TPSA) is 94.0 Å². The molecule has 1 heterocycles. The number of nitrogens with zero attached hydrogens (tertiary/aromatic N) is 3. The molecule has 0 aliphatic carbocycles. The second-order valence-electron chi connectivity index (χ2n) is 2.75. The van der Waals surface area contributed by atoms with E-state index in [1.165, 1.54) is 6.33 Å². The van der Waals surface area contributed by atoms with Gasteiger partial charge in [-0.15, -0.1) is 0 Å². The monoisotopic (exact) mass is 184 g/mol. The van der Waals surface area contributed by atoms with Crippen LogP contribution in [-0.4, -0.2) is 31.9 Å². The SMILES string of the molecule is N[C@@H](CCCn1cncn1)C(=O)O. The number of rotatable bonds is 5. The van der Waals surface area contributed by atoms with Crippen LogP contribution in [0, 0.1) is 0 Å². The van der Waals surface area contributed by atoms with Gasteiger partial charge in [-0.25, -0.2) is 4.98 Å². The number of hydrogen-bond donors (Lipinski definition) is 2. The van der Waals surface area contributed by atoms with Crippen molar-refractivity contribution in [3.05, 3.63) is 12.7 Å². The summed E-state index contributed by atoms with van der Waals surface area (Å²) >= 11 is 0. The van der Waals surface area contributed by atoms with Crippen molar-refractivity contribution >= 4 is 5.97 Å². The molecular formula is C7H12N4O2. The Balaban J connectivity index is 2.18. The molecule has 1 aromatic heterocycles. The van der Waals surface area contributed by atoms with Crippen molar-refractivity contribution in [1.82, 2.24) is 14.8 Å². The fourth-order valence-corrected chi connectivity index (χ4v) is 0.945. The van der Waals surface area contributed by atoms with Gasteiger partial charge in [0.05, 0.1) is 0 Å². The maximum Gasteiger partial charge on any atom is 0.320 e. The molecule has 0 saturated heterocycles. The van der Waals surface area contributed by atoms with Crippen molar-refractivity contribution in [3.8, 4) is 0 Å². The summed E-state index contributed by atoms with van der Waals surface area (Å²) in [4.78, 5) is 14.1. The van der Waals surface area contributed by atoms with Crippen molar-refractivity contribution in [1.29, 1.82) is 0 Å². The highest BCUT2D eigenvalue weighted by Gasteiger charge is 2.10. The van der Waals surface area contributed by atoms with Crippen molar-refractivity contribution in [2.75, 3.05) is 0 Å². The highest BCUT2D eigenvalue weighted by molar-refractivity contribution is 5.72. The molecule has 72 valence electrons. The van der Waals surface area contributed by atoms with E-state index in [1.54, 1.807) is 11.0 Å². The zero-order chi connectivity index (χ0) is 9.68. The van der Waals surface area contributed by atoms with Crippen molar-refractivity contribution < 1.29 is 9.90 Å². The molecule has 1 rings (SSSR count). The third-order valence-electron chi connectivity index (χ3n) is 1.69. The Labute approximate surface area is 75.4 Å². The maximum absolute atomic E-state index is 10.3. The van der Waals surface area contributed by atoms with Crippen LogP contribution in [0.1, 0.15) is 12.8 Å². The van der Waals surface area contributed by atoms with Gasteiger partial charge in [-0.1, -0.05) is 0 Å². The average molecular weight is 184 g/mol. The van der Waals surface area contributed by atoms with Crippen LogP contribution in [0.4, 0.5) is 0 Å². The standard InChI is InChI=1S/C7H12N4O2/c8-6(7(12)13)2-1-3-11-5-9-4-10-11/h4-6H,1-3,8H2,(H,12,13)/t6-/m0/s1. The summed E-state index contributed by atoms with van der Waals surface area (Å²) in [5, 5.41) is 12.4. The van der Waals surface area contributed by atoms with E-state index in [0.29, 0.717) is 19.4 Å². The molecule has 1 aromatic rings. The average Bonchev–Trinajstić information content (AvgIpc) is 2.56. The van der Waals surface area contributed by atoms with E-state index in [1.807, 2.05) is 0 Å². The molecule has 0 bridgehead atoms. The lowest BCUT2D eigenvalue weighted by Gasteiger charge is -2.05. The third-order valence-corrected chi connectivity index (χ3v) is 1.69. The Kier molecular flexibility index (Phi) is 3.39. The number of hydrogen-bond acceptors (Lipinski definition) is 4. The van der Waals surface area contributed by atoms with Crippen LogP contribution in [-0.2, 0) is 11.3 Å². The predicted octanol–water partition coefficient (Wildman–Crippen LogP) is -0.530.